The van der Waals surface area contributed by atoms with Crippen molar-refractivity contribution in [2.75, 3.05) is 17.6 Å². The summed E-state index contributed by atoms with van der Waals surface area (Å²) in [4.78, 5) is 8.18. The van der Waals surface area contributed by atoms with E-state index < -0.39 is 0 Å². The van der Waals surface area contributed by atoms with Crippen molar-refractivity contribution in [3.63, 3.8) is 0 Å². The summed E-state index contributed by atoms with van der Waals surface area (Å²) in [6, 6.07) is 1.87. The quantitative estimate of drug-likeness (QED) is 0.803. The number of aromatic nitrogens is 3. The highest BCUT2D eigenvalue weighted by Crippen LogP contribution is 2.14. The minimum atomic E-state index is 0.669. The van der Waals surface area contributed by atoms with Crippen LogP contribution in [0.3, 0.4) is 0 Å². The Morgan fingerprint density at radius 2 is 2.31 bits per heavy atom. The standard InChI is InChI=1S/C11H15N5/c1-16-7-6-15-11(16)3-5-14-10-2-4-13-8-9(10)12/h2,4,6-8H,3,5,12H2,1H3,(H,13,14). The number of aryl methyl sites for hydroxylation is 1. The molecular formula is C11H15N5. The van der Waals surface area contributed by atoms with Crippen molar-refractivity contribution in [3.05, 3.63) is 36.7 Å². The Labute approximate surface area is 94.3 Å². The second kappa shape index (κ2) is 4.65. The van der Waals surface area contributed by atoms with Gasteiger partial charge in [0, 0.05) is 38.6 Å². The Balaban J connectivity index is 1.89. The molecule has 0 unspecified atom stereocenters. The van der Waals surface area contributed by atoms with E-state index in [2.05, 4.69) is 15.3 Å². The van der Waals surface area contributed by atoms with Crippen LogP contribution in [0.15, 0.2) is 30.9 Å². The molecular weight excluding hydrogens is 202 g/mol. The first-order valence-corrected chi connectivity index (χ1v) is 5.17. The highest BCUT2D eigenvalue weighted by molar-refractivity contribution is 5.64. The van der Waals surface area contributed by atoms with Crippen LogP contribution < -0.4 is 11.1 Å². The number of anilines is 2. The van der Waals surface area contributed by atoms with Gasteiger partial charge < -0.3 is 15.6 Å². The average Bonchev–Trinajstić information content (AvgIpc) is 2.67. The van der Waals surface area contributed by atoms with Crippen LogP contribution in [0.2, 0.25) is 0 Å². The van der Waals surface area contributed by atoms with Gasteiger partial charge in [0.25, 0.3) is 0 Å². The maximum atomic E-state index is 5.76. The first-order valence-electron chi connectivity index (χ1n) is 5.17. The lowest BCUT2D eigenvalue weighted by molar-refractivity contribution is 0.790. The first-order chi connectivity index (χ1) is 7.77. The second-order valence-electron chi connectivity index (χ2n) is 3.59. The molecule has 0 atom stereocenters. The molecule has 2 rings (SSSR count). The van der Waals surface area contributed by atoms with Crippen molar-refractivity contribution >= 4 is 11.4 Å². The summed E-state index contributed by atoms with van der Waals surface area (Å²) in [7, 11) is 1.99. The molecule has 0 radical (unpaired) electrons. The summed E-state index contributed by atoms with van der Waals surface area (Å²) in [5.41, 5.74) is 7.35. The number of nitrogens with two attached hydrogens (primary N) is 1. The number of hydrogen-bond donors (Lipinski definition) is 2. The van der Waals surface area contributed by atoms with Crippen molar-refractivity contribution in [1.82, 2.24) is 14.5 Å². The van der Waals surface area contributed by atoms with Crippen molar-refractivity contribution < 1.29 is 0 Å². The molecule has 3 N–H and O–H groups in total. The monoisotopic (exact) mass is 217 g/mol. The predicted octanol–water partition coefficient (Wildman–Crippen LogP) is 1.05. The van der Waals surface area contributed by atoms with E-state index in [9.17, 15) is 0 Å². The summed E-state index contributed by atoms with van der Waals surface area (Å²) in [6.45, 7) is 0.805. The molecule has 0 saturated heterocycles. The fraction of sp³-hybridized carbons (Fsp3) is 0.273. The van der Waals surface area contributed by atoms with Gasteiger partial charge in [0.15, 0.2) is 0 Å². The molecule has 0 aromatic carbocycles. The van der Waals surface area contributed by atoms with Crippen LogP contribution in [0.25, 0.3) is 0 Å². The number of nitrogen functional groups attached to an aromatic ring is 1. The largest absolute Gasteiger partial charge is 0.396 e. The van der Waals surface area contributed by atoms with Gasteiger partial charge >= 0.3 is 0 Å². The molecule has 2 heterocycles. The molecule has 5 heteroatoms. The molecule has 0 amide bonds. The molecule has 0 aliphatic heterocycles. The summed E-state index contributed by atoms with van der Waals surface area (Å²) < 4.78 is 2.01. The molecule has 0 bridgehead atoms. The Bertz CT molecular complexity index is 463. The van der Waals surface area contributed by atoms with Crippen molar-refractivity contribution in [2.24, 2.45) is 7.05 Å². The van der Waals surface area contributed by atoms with Gasteiger partial charge in [0.2, 0.25) is 0 Å². The minimum absolute atomic E-state index is 0.669. The van der Waals surface area contributed by atoms with E-state index in [0.29, 0.717) is 5.69 Å². The topological polar surface area (TPSA) is 68.8 Å². The van der Waals surface area contributed by atoms with E-state index in [0.717, 1.165) is 24.5 Å². The van der Waals surface area contributed by atoms with Crippen molar-refractivity contribution in [3.8, 4) is 0 Å². The van der Waals surface area contributed by atoms with Gasteiger partial charge in [-0.3, -0.25) is 4.98 Å². The van der Waals surface area contributed by atoms with Crippen LogP contribution >= 0.6 is 0 Å². The third-order valence-corrected chi connectivity index (χ3v) is 2.44. The predicted molar refractivity (Wildman–Crippen MR) is 64.1 cm³/mol. The zero-order chi connectivity index (χ0) is 11.4. The van der Waals surface area contributed by atoms with Crippen LogP contribution in [-0.2, 0) is 13.5 Å². The van der Waals surface area contributed by atoms with Crippen LogP contribution in [0.1, 0.15) is 5.82 Å². The van der Waals surface area contributed by atoms with Crippen LogP contribution in [0.5, 0.6) is 0 Å². The van der Waals surface area contributed by atoms with Crippen molar-refractivity contribution in [1.29, 1.82) is 0 Å². The maximum Gasteiger partial charge on any atom is 0.110 e. The minimum Gasteiger partial charge on any atom is -0.396 e. The zero-order valence-electron chi connectivity index (χ0n) is 9.22. The fourth-order valence-corrected chi connectivity index (χ4v) is 1.51. The van der Waals surface area contributed by atoms with Gasteiger partial charge in [0.05, 0.1) is 17.6 Å². The van der Waals surface area contributed by atoms with Crippen LogP contribution in [0, 0.1) is 0 Å². The van der Waals surface area contributed by atoms with Crippen LogP contribution in [-0.4, -0.2) is 21.1 Å². The lowest BCUT2D eigenvalue weighted by Gasteiger charge is -2.08. The summed E-state index contributed by atoms with van der Waals surface area (Å²) in [6.07, 6.45) is 7.97. The Kier molecular flexibility index (Phi) is 3.05. The Hall–Kier alpha value is -2.04. The summed E-state index contributed by atoms with van der Waals surface area (Å²) >= 11 is 0. The molecule has 0 fully saturated rings. The van der Waals surface area contributed by atoms with E-state index in [1.807, 2.05) is 23.9 Å². The highest BCUT2D eigenvalue weighted by atomic mass is 15.0. The number of hydrogen-bond acceptors (Lipinski definition) is 4. The van der Waals surface area contributed by atoms with Gasteiger partial charge in [-0.2, -0.15) is 0 Å². The lowest BCUT2D eigenvalue weighted by atomic mass is 10.3. The molecule has 16 heavy (non-hydrogen) atoms. The molecule has 84 valence electrons. The smallest absolute Gasteiger partial charge is 0.110 e. The van der Waals surface area contributed by atoms with E-state index in [1.165, 1.54) is 0 Å². The number of nitrogens with zero attached hydrogens (tertiary/aromatic N) is 3. The molecule has 0 aliphatic rings. The van der Waals surface area contributed by atoms with Gasteiger partial charge in [-0.1, -0.05) is 0 Å². The third-order valence-electron chi connectivity index (χ3n) is 2.44. The SMILES string of the molecule is Cn1ccnc1CCNc1ccncc1N. The average molecular weight is 217 g/mol. The van der Waals surface area contributed by atoms with Crippen molar-refractivity contribution in [2.45, 2.75) is 6.42 Å². The summed E-state index contributed by atoms with van der Waals surface area (Å²) in [5, 5.41) is 3.26. The first kappa shape index (κ1) is 10.5. The number of rotatable bonds is 4. The number of pyridine rings is 1. The molecule has 0 aliphatic carbocycles. The van der Waals surface area contributed by atoms with Gasteiger partial charge in [0.1, 0.15) is 5.82 Å². The van der Waals surface area contributed by atoms with Gasteiger partial charge in [-0.15, -0.1) is 0 Å². The molecule has 0 spiro atoms. The second-order valence-corrected chi connectivity index (χ2v) is 3.59. The lowest BCUT2D eigenvalue weighted by Crippen LogP contribution is -2.09. The van der Waals surface area contributed by atoms with Gasteiger partial charge in [-0.05, 0) is 6.07 Å². The highest BCUT2D eigenvalue weighted by Gasteiger charge is 2.00. The maximum absolute atomic E-state index is 5.76. The number of imidazole rings is 1. The van der Waals surface area contributed by atoms with E-state index >= 15 is 0 Å². The van der Waals surface area contributed by atoms with E-state index in [4.69, 9.17) is 5.73 Å². The third kappa shape index (κ3) is 2.31. The normalized spacial score (nSPS) is 10.3. The summed E-state index contributed by atoms with van der Waals surface area (Å²) in [5.74, 6) is 1.06. The van der Waals surface area contributed by atoms with Gasteiger partial charge in [-0.25, -0.2) is 4.98 Å². The zero-order valence-corrected chi connectivity index (χ0v) is 9.22. The fourth-order valence-electron chi connectivity index (χ4n) is 1.51. The number of nitrogens with one attached hydrogen (secondary N) is 1. The Morgan fingerprint density at radius 3 is 3.00 bits per heavy atom. The van der Waals surface area contributed by atoms with Crippen LogP contribution in [0.4, 0.5) is 11.4 Å². The Morgan fingerprint density at radius 1 is 1.44 bits per heavy atom. The van der Waals surface area contributed by atoms with E-state index in [-0.39, 0.29) is 0 Å². The molecule has 0 saturated carbocycles. The molecule has 5 nitrogen and oxygen atoms in total. The molecule has 2 aromatic rings. The van der Waals surface area contributed by atoms with E-state index in [1.54, 1.807) is 18.6 Å². The molecule has 2 aromatic heterocycles.